The van der Waals surface area contributed by atoms with E-state index in [0.29, 0.717) is 5.65 Å². The normalized spacial score (nSPS) is 10.5. The summed E-state index contributed by atoms with van der Waals surface area (Å²) in [7, 11) is 0. The lowest BCUT2D eigenvalue weighted by Gasteiger charge is -2.00. The van der Waals surface area contributed by atoms with Gasteiger partial charge in [0.2, 0.25) is 0 Å². The number of nitrogen functional groups attached to an aromatic ring is 1. The summed E-state index contributed by atoms with van der Waals surface area (Å²) in [5.74, 6) is -1.15. The van der Waals surface area contributed by atoms with Crippen LogP contribution in [0.2, 0.25) is 0 Å². The van der Waals surface area contributed by atoms with Crippen LogP contribution in [0, 0.1) is 0 Å². The molecule has 0 aliphatic heterocycles. The lowest BCUT2D eigenvalue weighted by molar-refractivity contribution is 0.0691. The van der Waals surface area contributed by atoms with Crippen molar-refractivity contribution in [1.29, 1.82) is 0 Å². The highest BCUT2D eigenvalue weighted by atomic mass is 16.4. The van der Waals surface area contributed by atoms with Gasteiger partial charge in [0.25, 0.3) is 0 Å². The van der Waals surface area contributed by atoms with E-state index in [4.69, 9.17) is 10.8 Å². The van der Waals surface area contributed by atoms with E-state index in [-0.39, 0.29) is 11.5 Å². The van der Waals surface area contributed by atoms with Crippen LogP contribution in [0.5, 0.6) is 0 Å². The van der Waals surface area contributed by atoms with Crippen molar-refractivity contribution in [2.75, 3.05) is 5.73 Å². The molecular formula is C6H5N5O2. The summed E-state index contributed by atoms with van der Waals surface area (Å²) in [5.41, 5.74) is 5.72. The van der Waals surface area contributed by atoms with E-state index < -0.39 is 5.97 Å². The Kier molecular flexibility index (Phi) is 1.38. The summed E-state index contributed by atoms with van der Waals surface area (Å²) < 4.78 is 1.36. The molecule has 2 rings (SSSR count). The first-order valence-electron chi connectivity index (χ1n) is 3.37. The van der Waals surface area contributed by atoms with Crippen molar-refractivity contribution in [3.63, 3.8) is 0 Å². The number of rotatable bonds is 1. The second-order valence-electron chi connectivity index (χ2n) is 2.36. The Morgan fingerprint density at radius 3 is 3.08 bits per heavy atom. The Bertz CT molecular complexity index is 477. The molecule has 0 fully saturated rings. The van der Waals surface area contributed by atoms with Gasteiger partial charge in [-0.15, -0.1) is 10.2 Å². The SMILES string of the molecule is Nc1c(C(=O)O)ncc2nncn12. The molecule has 7 heteroatoms. The third kappa shape index (κ3) is 0.975. The minimum atomic E-state index is -1.17. The van der Waals surface area contributed by atoms with Crippen molar-refractivity contribution >= 4 is 17.4 Å². The van der Waals surface area contributed by atoms with Crippen LogP contribution in [0.4, 0.5) is 5.82 Å². The highest BCUT2D eigenvalue weighted by Gasteiger charge is 2.12. The molecule has 0 aromatic carbocycles. The van der Waals surface area contributed by atoms with Gasteiger partial charge in [-0.2, -0.15) is 0 Å². The van der Waals surface area contributed by atoms with E-state index in [1.165, 1.54) is 16.9 Å². The first-order chi connectivity index (χ1) is 6.20. The molecule has 0 spiro atoms. The fraction of sp³-hybridized carbons (Fsp3) is 0. The van der Waals surface area contributed by atoms with E-state index >= 15 is 0 Å². The maximum Gasteiger partial charge on any atom is 0.358 e. The molecule has 0 amide bonds. The van der Waals surface area contributed by atoms with Gasteiger partial charge < -0.3 is 10.8 Å². The molecule has 0 saturated carbocycles. The molecular weight excluding hydrogens is 174 g/mol. The maximum atomic E-state index is 10.6. The molecule has 66 valence electrons. The summed E-state index contributed by atoms with van der Waals surface area (Å²) in [5, 5.41) is 15.9. The van der Waals surface area contributed by atoms with Crippen molar-refractivity contribution in [3.05, 3.63) is 18.2 Å². The molecule has 2 heterocycles. The minimum Gasteiger partial charge on any atom is -0.476 e. The number of aromatic carboxylic acids is 1. The quantitative estimate of drug-likeness (QED) is 0.605. The molecule has 2 aromatic heterocycles. The van der Waals surface area contributed by atoms with Crippen LogP contribution >= 0.6 is 0 Å². The number of anilines is 1. The second kappa shape index (κ2) is 2.41. The van der Waals surface area contributed by atoms with Gasteiger partial charge in [0.15, 0.2) is 11.3 Å². The third-order valence-electron chi connectivity index (χ3n) is 1.59. The Balaban J connectivity index is 2.80. The Labute approximate surface area is 71.8 Å². The summed E-state index contributed by atoms with van der Waals surface area (Å²) in [6.45, 7) is 0. The van der Waals surface area contributed by atoms with E-state index in [2.05, 4.69) is 15.2 Å². The van der Waals surface area contributed by atoms with Crippen molar-refractivity contribution in [2.45, 2.75) is 0 Å². The lowest BCUT2D eigenvalue weighted by Crippen LogP contribution is -2.09. The average molecular weight is 179 g/mol. The molecule has 3 N–H and O–H groups in total. The van der Waals surface area contributed by atoms with Crippen molar-refractivity contribution < 1.29 is 9.90 Å². The van der Waals surface area contributed by atoms with Crippen LogP contribution in [0.3, 0.4) is 0 Å². The van der Waals surface area contributed by atoms with Gasteiger partial charge in [0.05, 0.1) is 6.20 Å². The third-order valence-corrected chi connectivity index (χ3v) is 1.59. The van der Waals surface area contributed by atoms with E-state index in [1.807, 2.05) is 0 Å². The maximum absolute atomic E-state index is 10.6. The average Bonchev–Trinajstić information content (AvgIpc) is 2.52. The summed E-state index contributed by atoms with van der Waals surface area (Å²) in [6.07, 6.45) is 2.63. The van der Waals surface area contributed by atoms with Crippen LogP contribution in [0.25, 0.3) is 5.65 Å². The number of aromatic nitrogens is 4. The standard InChI is InChI=1S/C6H5N5O2/c7-5-4(6(12)13)8-1-3-10-9-2-11(3)5/h1-2H,7H2,(H,12,13). The zero-order valence-corrected chi connectivity index (χ0v) is 6.38. The zero-order valence-electron chi connectivity index (χ0n) is 6.38. The number of carbonyl (C=O) groups is 1. The van der Waals surface area contributed by atoms with Crippen molar-refractivity contribution in [3.8, 4) is 0 Å². The smallest absolute Gasteiger partial charge is 0.358 e. The first kappa shape index (κ1) is 7.47. The zero-order chi connectivity index (χ0) is 9.42. The predicted molar refractivity (Wildman–Crippen MR) is 42.2 cm³/mol. The minimum absolute atomic E-state index is 0.0231. The summed E-state index contributed by atoms with van der Waals surface area (Å²) in [6, 6.07) is 0. The van der Waals surface area contributed by atoms with Crippen molar-refractivity contribution in [2.24, 2.45) is 0 Å². The fourth-order valence-corrected chi connectivity index (χ4v) is 0.985. The van der Waals surface area contributed by atoms with Crippen LogP contribution in [0.1, 0.15) is 10.5 Å². The predicted octanol–water partition coefficient (Wildman–Crippen LogP) is -0.595. The molecule has 0 unspecified atom stereocenters. The second-order valence-corrected chi connectivity index (χ2v) is 2.36. The molecule has 7 nitrogen and oxygen atoms in total. The molecule has 0 aliphatic rings. The van der Waals surface area contributed by atoms with Crippen LogP contribution in [-0.4, -0.2) is 30.7 Å². The topological polar surface area (TPSA) is 106 Å². The number of fused-ring (bicyclic) bond motifs is 1. The Morgan fingerprint density at radius 1 is 1.62 bits per heavy atom. The van der Waals surface area contributed by atoms with Gasteiger partial charge in [-0.1, -0.05) is 0 Å². The van der Waals surface area contributed by atoms with Gasteiger partial charge in [-0.3, -0.25) is 4.40 Å². The molecule has 0 atom stereocenters. The van der Waals surface area contributed by atoms with E-state index in [9.17, 15) is 4.79 Å². The molecule has 0 bridgehead atoms. The van der Waals surface area contributed by atoms with Gasteiger partial charge in [0, 0.05) is 0 Å². The number of nitrogens with zero attached hydrogens (tertiary/aromatic N) is 4. The van der Waals surface area contributed by atoms with Crippen LogP contribution in [-0.2, 0) is 0 Å². The number of hydrogen-bond acceptors (Lipinski definition) is 5. The first-order valence-corrected chi connectivity index (χ1v) is 3.37. The van der Waals surface area contributed by atoms with E-state index in [0.717, 1.165) is 0 Å². The highest BCUT2D eigenvalue weighted by molar-refractivity contribution is 5.90. The molecule has 0 radical (unpaired) electrons. The van der Waals surface area contributed by atoms with E-state index in [1.54, 1.807) is 0 Å². The van der Waals surface area contributed by atoms with Gasteiger partial charge in [-0.05, 0) is 0 Å². The molecule has 2 aromatic rings. The number of carboxylic acid groups (broad SMARTS) is 1. The lowest BCUT2D eigenvalue weighted by atomic mass is 10.4. The number of nitrogens with two attached hydrogens (primary N) is 1. The number of carboxylic acids is 1. The van der Waals surface area contributed by atoms with Gasteiger partial charge in [-0.25, -0.2) is 9.78 Å². The van der Waals surface area contributed by atoms with Crippen molar-refractivity contribution in [1.82, 2.24) is 19.6 Å². The fourth-order valence-electron chi connectivity index (χ4n) is 0.985. The highest BCUT2D eigenvalue weighted by Crippen LogP contribution is 2.09. The summed E-state index contributed by atoms with van der Waals surface area (Å²) >= 11 is 0. The molecule has 0 saturated heterocycles. The summed E-state index contributed by atoms with van der Waals surface area (Å²) in [4.78, 5) is 14.2. The monoisotopic (exact) mass is 179 g/mol. The Hall–Kier alpha value is -2.18. The molecule has 13 heavy (non-hydrogen) atoms. The number of hydrogen-bond donors (Lipinski definition) is 2. The van der Waals surface area contributed by atoms with Gasteiger partial charge >= 0.3 is 5.97 Å². The molecule has 0 aliphatic carbocycles. The van der Waals surface area contributed by atoms with Crippen LogP contribution in [0.15, 0.2) is 12.5 Å². The Morgan fingerprint density at radius 2 is 2.38 bits per heavy atom. The van der Waals surface area contributed by atoms with Gasteiger partial charge in [0.1, 0.15) is 12.1 Å². The van der Waals surface area contributed by atoms with Crippen LogP contribution < -0.4 is 5.73 Å². The largest absolute Gasteiger partial charge is 0.476 e.